The van der Waals surface area contributed by atoms with Gasteiger partial charge in [-0.25, -0.2) is 0 Å². The number of carbonyl (C=O) groups is 1. The lowest BCUT2D eigenvalue weighted by Gasteiger charge is -2.30. The highest BCUT2D eigenvalue weighted by molar-refractivity contribution is 7.99. The molecule has 7 heteroatoms. The van der Waals surface area contributed by atoms with E-state index in [0.29, 0.717) is 18.2 Å². The van der Waals surface area contributed by atoms with Gasteiger partial charge in [0.1, 0.15) is 5.82 Å². The number of likely N-dealkylation sites (tertiary alicyclic amines) is 1. The molecular weight excluding hydrogens is 274 g/mol. The van der Waals surface area contributed by atoms with Gasteiger partial charge in [0.15, 0.2) is 5.16 Å². The number of nitrogens with zero attached hydrogens (tertiary/aromatic N) is 4. The molecule has 2 rings (SSSR count). The summed E-state index contributed by atoms with van der Waals surface area (Å²) in [5.74, 6) is 2.01. The van der Waals surface area contributed by atoms with Crippen molar-refractivity contribution < 1.29 is 4.79 Å². The summed E-state index contributed by atoms with van der Waals surface area (Å²) < 4.78 is 1.97. The number of amides is 1. The third-order valence-electron chi connectivity index (χ3n) is 3.63. The largest absolute Gasteiger partial charge is 0.342 e. The van der Waals surface area contributed by atoms with Gasteiger partial charge in [-0.05, 0) is 25.7 Å². The third-order valence-corrected chi connectivity index (χ3v) is 4.58. The fraction of sp³-hybridized carbons (Fsp3) is 0.769. The molecule has 0 bridgehead atoms. The minimum absolute atomic E-state index is 0.196. The first-order valence-corrected chi connectivity index (χ1v) is 8.17. The SMILES string of the molecule is CCn1c(CN)nnc1SCC(=O)N1CCCC(C)C1. The lowest BCUT2D eigenvalue weighted by atomic mass is 10.0. The van der Waals surface area contributed by atoms with E-state index < -0.39 is 0 Å². The summed E-state index contributed by atoms with van der Waals surface area (Å²) in [6.45, 7) is 7.15. The first kappa shape index (κ1) is 15.3. The summed E-state index contributed by atoms with van der Waals surface area (Å²) in [6.07, 6.45) is 2.33. The average Bonchev–Trinajstić information content (AvgIpc) is 2.86. The van der Waals surface area contributed by atoms with Crippen molar-refractivity contribution in [3.05, 3.63) is 5.82 Å². The van der Waals surface area contributed by atoms with Gasteiger partial charge in [0.2, 0.25) is 5.91 Å². The van der Waals surface area contributed by atoms with Crippen molar-refractivity contribution in [2.75, 3.05) is 18.8 Å². The standard InChI is InChI=1S/C13H23N5OS/c1-3-18-11(7-14)15-16-13(18)20-9-12(19)17-6-4-5-10(2)8-17/h10H,3-9,14H2,1-2H3. The van der Waals surface area contributed by atoms with Gasteiger partial charge < -0.3 is 15.2 Å². The highest BCUT2D eigenvalue weighted by atomic mass is 32.2. The summed E-state index contributed by atoms with van der Waals surface area (Å²) in [5, 5.41) is 8.95. The molecule has 2 heterocycles. The van der Waals surface area contributed by atoms with E-state index in [1.165, 1.54) is 18.2 Å². The topological polar surface area (TPSA) is 77.0 Å². The molecule has 0 aromatic carbocycles. The molecule has 2 N–H and O–H groups in total. The minimum Gasteiger partial charge on any atom is -0.342 e. The van der Waals surface area contributed by atoms with Crippen LogP contribution in [-0.2, 0) is 17.9 Å². The predicted molar refractivity (Wildman–Crippen MR) is 79.3 cm³/mol. The molecule has 1 aliphatic rings. The first-order chi connectivity index (χ1) is 9.65. The molecule has 1 fully saturated rings. The second-order valence-corrected chi connectivity index (χ2v) is 6.17. The molecule has 112 valence electrons. The maximum Gasteiger partial charge on any atom is 0.233 e. The molecule has 1 atom stereocenters. The zero-order valence-electron chi connectivity index (χ0n) is 12.2. The Bertz CT molecular complexity index is 462. The average molecular weight is 297 g/mol. The molecule has 0 aliphatic carbocycles. The molecule has 0 saturated carbocycles. The summed E-state index contributed by atoms with van der Waals surface area (Å²) in [7, 11) is 0. The van der Waals surface area contributed by atoms with E-state index in [1.54, 1.807) is 0 Å². The lowest BCUT2D eigenvalue weighted by molar-refractivity contribution is -0.130. The Morgan fingerprint density at radius 1 is 1.50 bits per heavy atom. The Morgan fingerprint density at radius 3 is 2.95 bits per heavy atom. The predicted octanol–water partition coefficient (Wildman–Crippen LogP) is 1.11. The quantitative estimate of drug-likeness (QED) is 0.824. The maximum atomic E-state index is 12.2. The van der Waals surface area contributed by atoms with E-state index in [4.69, 9.17) is 5.73 Å². The highest BCUT2D eigenvalue weighted by Gasteiger charge is 2.21. The zero-order chi connectivity index (χ0) is 14.5. The summed E-state index contributed by atoms with van der Waals surface area (Å²) in [5.41, 5.74) is 5.62. The van der Waals surface area contributed by atoms with Crippen molar-refractivity contribution in [2.24, 2.45) is 11.7 Å². The van der Waals surface area contributed by atoms with E-state index in [9.17, 15) is 4.79 Å². The van der Waals surface area contributed by atoms with Crippen molar-refractivity contribution in [3.63, 3.8) is 0 Å². The number of hydrogen-bond acceptors (Lipinski definition) is 5. The molecule has 1 aromatic heterocycles. The summed E-state index contributed by atoms with van der Waals surface area (Å²) in [6, 6.07) is 0. The van der Waals surface area contributed by atoms with Crippen LogP contribution < -0.4 is 5.73 Å². The smallest absolute Gasteiger partial charge is 0.233 e. The summed E-state index contributed by atoms with van der Waals surface area (Å²) >= 11 is 1.45. The van der Waals surface area contributed by atoms with Crippen molar-refractivity contribution in [3.8, 4) is 0 Å². The van der Waals surface area contributed by atoms with Crippen molar-refractivity contribution in [2.45, 2.75) is 44.9 Å². The molecule has 20 heavy (non-hydrogen) atoms. The van der Waals surface area contributed by atoms with E-state index in [2.05, 4.69) is 17.1 Å². The molecule has 0 spiro atoms. The van der Waals surface area contributed by atoms with E-state index in [-0.39, 0.29) is 5.91 Å². The Kier molecular flexibility index (Phi) is 5.42. The van der Waals surface area contributed by atoms with Crippen LogP contribution in [0.5, 0.6) is 0 Å². The molecule has 1 amide bonds. The number of piperidine rings is 1. The number of nitrogens with two attached hydrogens (primary N) is 1. The number of rotatable bonds is 5. The maximum absolute atomic E-state index is 12.2. The molecule has 6 nitrogen and oxygen atoms in total. The molecular formula is C13H23N5OS. The second kappa shape index (κ2) is 7.08. The zero-order valence-corrected chi connectivity index (χ0v) is 13.0. The van der Waals surface area contributed by atoms with E-state index in [1.807, 2.05) is 16.4 Å². The van der Waals surface area contributed by atoms with Crippen molar-refractivity contribution in [1.29, 1.82) is 0 Å². The van der Waals surface area contributed by atoms with Gasteiger partial charge >= 0.3 is 0 Å². The second-order valence-electron chi connectivity index (χ2n) is 5.22. The minimum atomic E-state index is 0.196. The van der Waals surface area contributed by atoms with Gasteiger partial charge in [-0.2, -0.15) is 0 Å². The van der Waals surface area contributed by atoms with Crippen LogP contribution >= 0.6 is 11.8 Å². The van der Waals surface area contributed by atoms with Crippen LogP contribution in [0, 0.1) is 5.92 Å². The molecule has 1 saturated heterocycles. The Morgan fingerprint density at radius 2 is 2.30 bits per heavy atom. The van der Waals surface area contributed by atoms with Gasteiger partial charge in [-0.15, -0.1) is 10.2 Å². The van der Waals surface area contributed by atoms with Crippen LogP contribution in [0.4, 0.5) is 0 Å². The van der Waals surface area contributed by atoms with Crippen LogP contribution in [0.25, 0.3) is 0 Å². The number of carbonyl (C=O) groups excluding carboxylic acids is 1. The number of hydrogen-bond donors (Lipinski definition) is 1. The van der Waals surface area contributed by atoms with Gasteiger partial charge in [0, 0.05) is 19.6 Å². The van der Waals surface area contributed by atoms with Crippen LogP contribution in [0.2, 0.25) is 0 Å². The Hall–Kier alpha value is -1.08. The van der Waals surface area contributed by atoms with Crippen LogP contribution in [0.1, 0.15) is 32.5 Å². The normalized spacial score (nSPS) is 19.4. The first-order valence-electron chi connectivity index (χ1n) is 7.18. The van der Waals surface area contributed by atoms with Crippen molar-refractivity contribution >= 4 is 17.7 Å². The van der Waals surface area contributed by atoms with Gasteiger partial charge in [0.05, 0.1) is 12.3 Å². The molecule has 0 radical (unpaired) electrons. The lowest BCUT2D eigenvalue weighted by Crippen LogP contribution is -2.40. The van der Waals surface area contributed by atoms with Crippen LogP contribution in [0.3, 0.4) is 0 Å². The Labute approximate surface area is 124 Å². The molecule has 1 aliphatic heterocycles. The van der Waals surface area contributed by atoms with Crippen molar-refractivity contribution in [1.82, 2.24) is 19.7 Å². The van der Waals surface area contributed by atoms with Gasteiger partial charge in [0.25, 0.3) is 0 Å². The fourth-order valence-electron chi connectivity index (χ4n) is 2.53. The van der Waals surface area contributed by atoms with E-state index >= 15 is 0 Å². The number of thioether (sulfide) groups is 1. The molecule has 1 aromatic rings. The monoisotopic (exact) mass is 297 g/mol. The number of aromatic nitrogens is 3. The fourth-order valence-corrected chi connectivity index (χ4v) is 3.45. The molecule has 1 unspecified atom stereocenters. The van der Waals surface area contributed by atoms with Crippen LogP contribution in [-0.4, -0.2) is 44.4 Å². The third kappa shape index (κ3) is 3.52. The van der Waals surface area contributed by atoms with Gasteiger partial charge in [-0.3, -0.25) is 4.79 Å². The van der Waals surface area contributed by atoms with Crippen LogP contribution in [0.15, 0.2) is 5.16 Å². The Balaban J connectivity index is 1.91. The summed E-state index contributed by atoms with van der Waals surface area (Å²) in [4.78, 5) is 14.2. The van der Waals surface area contributed by atoms with Gasteiger partial charge in [-0.1, -0.05) is 18.7 Å². The van der Waals surface area contributed by atoms with E-state index in [0.717, 1.165) is 37.0 Å². The highest BCUT2D eigenvalue weighted by Crippen LogP contribution is 2.20.